The molecule has 1 heteroatoms. The van der Waals surface area contributed by atoms with Gasteiger partial charge in [-0.2, -0.15) is 0 Å². The molecule has 0 saturated carbocycles. The highest BCUT2D eigenvalue weighted by Crippen LogP contribution is 2.28. The van der Waals surface area contributed by atoms with Gasteiger partial charge in [0.25, 0.3) is 0 Å². The summed E-state index contributed by atoms with van der Waals surface area (Å²) in [6.45, 7) is 6.88. The summed E-state index contributed by atoms with van der Waals surface area (Å²) in [6, 6.07) is 4.26. The van der Waals surface area contributed by atoms with Gasteiger partial charge in [-0.25, -0.2) is 0 Å². The Bertz CT molecular complexity index is 251. The maximum Gasteiger partial charge on any atom is 0.0270 e. The lowest BCUT2D eigenvalue weighted by molar-refractivity contribution is 0.450. The molecule has 0 atom stereocenters. The number of rotatable bonds is 5. The van der Waals surface area contributed by atoms with Crippen LogP contribution in [0.3, 0.4) is 0 Å². The van der Waals surface area contributed by atoms with Gasteiger partial charge < -0.3 is 0 Å². The van der Waals surface area contributed by atoms with Crippen LogP contribution in [0.15, 0.2) is 24.5 Å². The second kappa shape index (κ2) is 5.14. The fourth-order valence-electron chi connectivity index (χ4n) is 1.76. The fourth-order valence-corrected chi connectivity index (χ4v) is 1.76. The zero-order valence-corrected chi connectivity index (χ0v) is 9.59. The van der Waals surface area contributed by atoms with E-state index in [0.717, 1.165) is 0 Å². The van der Waals surface area contributed by atoms with Crippen LogP contribution in [0.25, 0.3) is 0 Å². The number of hydrogen-bond acceptors (Lipinski definition) is 1. The Kier molecular flexibility index (Phi) is 4.12. The Hall–Kier alpha value is -0.850. The molecule has 1 aromatic rings. The van der Waals surface area contributed by atoms with Gasteiger partial charge in [-0.15, -0.1) is 0 Å². The van der Waals surface area contributed by atoms with Crippen molar-refractivity contribution in [2.45, 2.75) is 51.9 Å². The molecule has 14 heavy (non-hydrogen) atoms. The van der Waals surface area contributed by atoms with Gasteiger partial charge in [0.1, 0.15) is 0 Å². The number of hydrogen-bond donors (Lipinski definition) is 0. The van der Waals surface area contributed by atoms with E-state index in [0.29, 0.717) is 5.41 Å². The van der Waals surface area contributed by atoms with Crippen molar-refractivity contribution < 1.29 is 0 Å². The average Bonchev–Trinajstić information content (AvgIpc) is 2.19. The predicted octanol–water partition coefficient (Wildman–Crippen LogP) is 3.94. The van der Waals surface area contributed by atoms with E-state index < -0.39 is 0 Å². The summed E-state index contributed by atoms with van der Waals surface area (Å²) in [6.07, 6.45) is 9.01. The second-order valence-electron chi connectivity index (χ2n) is 4.58. The maximum absolute atomic E-state index is 4.06. The minimum absolute atomic E-state index is 0.304. The molecule has 0 amide bonds. The van der Waals surface area contributed by atoms with Crippen LogP contribution >= 0.6 is 0 Å². The minimum atomic E-state index is 0.304. The highest BCUT2D eigenvalue weighted by atomic mass is 14.6. The number of unbranched alkanes of at least 4 members (excludes halogenated alkanes) is 2. The summed E-state index contributed by atoms with van der Waals surface area (Å²) < 4.78 is 0. The van der Waals surface area contributed by atoms with Crippen LogP contribution in [-0.4, -0.2) is 4.98 Å². The first-order valence-electron chi connectivity index (χ1n) is 5.57. The molecule has 0 aromatic carbocycles. The Morgan fingerprint density at radius 2 is 1.79 bits per heavy atom. The molecule has 1 nitrogen and oxygen atoms in total. The third-order valence-corrected chi connectivity index (χ3v) is 2.87. The van der Waals surface area contributed by atoms with Crippen LogP contribution in [0.2, 0.25) is 0 Å². The van der Waals surface area contributed by atoms with E-state index in [1.165, 1.54) is 31.2 Å². The summed E-state index contributed by atoms with van der Waals surface area (Å²) in [5, 5.41) is 0. The monoisotopic (exact) mass is 191 g/mol. The van der Waals surface area contributed by atoms with Crippen LogP contribution < -0.4 is 0 Å². The van der Waals surface area contributed by atoms with E-state index >= 15 is 0 Å². The molecule has 0 radical (unpaired) electrons. The molecule has 0 aliphatic carbocycles. The average molecular weight is 191 g/mol. The smallest absolute Gasteiger partial charge is 0.0270 e. The lowest BCUT2D eigenvalue weighted by Gasteiger charge is -2.24. The second-order valence-corrected chi connectivity index (χ2v) is 4.58. The third kappa shape index (κ3) is 3.13. The van der Waals surface area contributed by atoms with Crippen LogP contribution in [0.4, 0.5) is 0 Å². The van der Waals surface area contributed by atoms with Crippen molar-refractivity contribution in [3.05, 3.63) is 30.1 Å². The molecule has 1 aromatic heterocycles. The number of aromatic nitrogens is 1. The van der Waals surface area contributed by atoms with E-state index in [1.807, 2.05) is 12.4 Å². The zero-order chi connectivity index (χ0) is 10.4. The molecule has 0 unspecified atom stereocenters. The molecule has 1 heterocycles. The normalized spacial score (nSPS) is 11.6. The van der Waals surface area contributed by atoms with Crippen molar-refractivity contribution >= 4 is 0 Å². The fraction of sp³-hybridized carbons (Fsp3) is 0.615. The molecule has 78 valence electrons. The SMILES string of the molecule is CCCCCC(C)(C)c1ccncc1. The standard InChI is InChI=1S/C13H21N/c1-4-5-6-9-13(2,3)12-7-10-14-11-8-12/h7-8,10-11H,4-6,9H2,1-3H3. The molecule has 0 saturated heterocycles. The molecule has 1 rings (SSSR count). The zero-order valence-electron chi connectivity index (χ0n) is 9.59. The van der Waals surface area contributed by atoms with Gasteiger partial charge in [-0.05, 0) is 29.5 Å². The summed E-state index contributed by atoms with van der Waals surface area (Å²) in [5.74, 6) is 0. The predicted molar refractivity (Wildman–Crippen MR) is 61.4 cm³/mol. The van der Waals surface area contributed by atoms with Crippen LogP contribution in [-0.2, 0) is 5.41 Å². The first kappa shape index (κ1) is 11.2. The quantitative estimate of drug-likeness (QED) is 0.642. The lowest BCUT2D eigenvalue weighted by Crippen LogP contribution is -2.16. The highest BCUT2D eigenvalue weighted by molar-refractivity contribution is 5.20. The van der Waals surface area contributed by atoms with Gasteiger partial charge in [-0.1, -0.05) is 40.0 Å². The minimum Gasteiger partial charge on any atom is -0.265 e. The molecule has 0 bridgehead atoms. The largest absolute Gasteiger partial charge is 0.265 e. The Morgan fingerprint density at radius 3 is 2.36 bits per heavy atom. The van der Waals surface area contributed by atoms with Gasteiger partial charge in [0.15, 0.2) is 0 Å². The topological polar surface area (TPSA) is 12.9 Å². The van der Waals surface area contributed by atoms with Gasteiger partial charge >= 0.3 is 0 Å². The van der Waals surface area contributed by atoms with Crippen molar-refractivity contribution in [3.8, 4) is 0 Å². The molecular weight excluding hydrogens is 170 g/mol. The van der Waals surface area contributed by atoms with Gasteiger partial charge in [0.05, 0.1) is 0 Å². The first-order valence-corrected chi connectivity index (χ1v) is 5.57. The van der Waals surface area contributed by atoms with Crippen molar-refractivity contribution in [1.29, 1.82) is 0 Å². The van der Waals surface area contributed by atoms with E-state index in [1.54, 1.807) is 0 Å². The molecule has 0 aliphatic heterocycles. The van der Waals surface area contributed by atoms with Crippen molar-refractivity contribution in [2.24, 2.45) is 0 Å². The molecular formula is C13H21N. The summed E-state index contributed by atoms with van der Waals surface area (Å²) in [5.41, 5.74) is 1.71. The van der Waals surface area contributed by atoms with Crippen molar-refractivity contribution in [3.63, 3.8) is 0 Å². The molecule has 0 fully saturated rings. The molecule has 0 N–H and O–H groups in total. The maximum atomic E-state index is 4.06. The molecule has 0 aliphatic rings. The Morgan fingerprint density at radius 1 is 1.14 bits per heavy atom. The summed E-state index contributed by atoms with van der Waals surface area (Å²) in [7, 11) is 0. The third-order valence-electron chi connectivity index (χ3n) is 2.87. The van der Waals surface area contributed by atoms with Gasteiger partial charge in [0, 0.05) is 12.4 Å². The van der Waals surface area contributed by atoms with Crippen LogP contribution in [0, 0.1) is 0 Å². The lowest BCUT2D eigenvalue weighted by atomic mass is 9.80. The number of pyridine rings is 1. The first-order chi connectivity index (χ1) is 6.67. The van der Waals surface area contributed by atoms with E-state index in [9.17, 15) is 0 Å². The van der Waals surface area contributed by atoms with Crippen LogP contribution in [0.1, 0.15) is 52.0 Å². The van der Waals surface area contributed by atoms with Gasteiger partial charge in [0.2, 0.25) is 0 Å². The van der Waals surface area contributed by atoms with E-state index in [4.69, 9.17) is 0 Å². The highest BCUT2D eigenvalue weighted by Gasteiger charge is 2.19. The Balaban J connectivity index is 2.56. The number of nitrogens with zero attached hydrogens (tertiary/aromatic N) is 1. The van der Waals surface area contributed by atoms with Crippen molar-refractivity contribution in [2.75, 3.05) is 0 Å². The van der Waals surface area contributed by atoms with Gasteiger partial charge in [-0.3, -0.25) is 4.98 Å². The summed E-state index contributed by atoms with van der Waals surface area (Å²) in [4.78, 5) is 4.06. The van der Waals surface area contributed by atoms with Crippen molar-refractivity contribution in [1.82, 2.24) is 4.98 Å². The van der Waals surface area contributed by atoms with E-state index in [-0.39, 0.29) is 0 Å². The van der Waals surface area contributed by atoms with Crippen LogP contribution in [0.5, 0.6) is 0 Å². The summed E-state index contributed by atoms with van der Waals surface area (Å²) >= 11 is 0. The molecule has 0 spiro atoms. The Labute approximate surface area is 87.6 Å². The van der Waals surface area contributed by atoms with E-state index in [2.05, 4.69) is 37.9 Å².